The zero-order valence-electron chi connectivity index (χ0n) is 14.4. The summed E-state index contributed by atoms with van der Waals surface area (Å²) in [4.78, 5) is 17.9. The Bertz CT molecular complexity index is 1090. The third-order valence-electron chi connectivity index (χ3n) is 3.49. The van der Waals surface area contributed by atoms with Gasteiger partial charge in [-0.05, 0) is 46.6 Å². The lowest BCUT2D eigenvalue weighted by molar-refractivity contribution is -0.115. The van der Waals surface area contributed by atoms with E-state index in [2.05, 4.69) is 31.0 Å². The van der Waals surface area contributed by atoms with E-state index in [0.29, 0.717) is 17.1 Å². The molecule has 0 saturated heterocycles. The molecule has 1 aromatic carbocycles. The van der Waals surface area contributed by atoms with E-state index >= 15 is 0 Å². The molecule has 142 valence electrons. The molecule has 0 aliphatic carbocycles. The summed E-state index contributed by atoms with van der Waals surface area (Å²) in [6, 6.07) is 7.08. The number of hydrogen-bond acceptors (Lipinski definition) is 6. The van der Waals surface area contributed by atoms with Crippen molar-refractivity contribution in [2.75, 3.05) is 16.3 Å². The molecule has 3 rings (SSSR count). The van der Waals surface area contributed by atoms with E-state index in [1.807, 2.05) is 16.8 Å². The van der Waals surface area contributed by atoms with Crippen LogP contribution in [0.3, 0.4) is 0 Å². The van der Waals surface area contributed by atoms with Gasteiger partial charge in [0.2, 0.25) is 15.9 Å². The van der Waals surface area contributed by atoms with Gasteiger partial charge in [-0.3, -0.25) is 9.52 Å². The molecular weight excluding hydrogens is 470 g/mol. The number of nitrogens with zero attached hydrogens (tertiary/aromatic N) is 1. The Morgan fingerprint density at radius 3 is 2.67 bits per heavy atom. The smallest absolute Gasteiger partial charge is 0.230 e. The average Bonchev–Trinajstić information content (AvgIpc) is 3.18. The third-order valence-corrected chi connectivity index (χ3v) is 6.83. The van der Waals surface area contributed by atoms with Gasteiger partial charge in [-0.1, -0.05) is 6.07 Å². The van der Waals surface area contributed by atoms with Crippen LogP contribution in [-0.4, -0.2) is 25.6 Å². The van der Waals surface area contributed by atoms with Gasteiger partial charge in [0.05, 0.1) is 28.9 Å². The van der Waals surface area contributed by atoms with Crippen molar-refractivity contribution < 1.29 is 13.2 Å². The molecule has 3 aromatic rings. The Kier molecular flexibility index (Phi) is 5.99. The van der Waals surface area contributed by atoms with Gasteiger partial charge in [0, 0.05) is 20.9 Å². The molecule has 6 nitrogen and oxygen atoms in total. The fourth-order valence-electron chi connectivity index (χ4n) is 2.31. The second-order valence-electron chi connectivity index (χ2n) is 5.90. The van der Waals surface area contributed by atoms with Crippen LogP contribution in [-0.2, 0) is 21.2 Å². The molecule has 0 atom stereocenters. The normalized spacial score (nSPS) is 11.4. The summed E-state index contributed by atoms with van der Waals surface area (Å²) >= 11 is 6.51. The summed E-state index contributed by atoms with van der Waals surface area (Å²) < 4.78 is 26.3. The monoisotopic (exact) mass is 485 g/mol. The number of hydrogen-bond donors (Lipinski definition) is 2. The predicted molar refractivity (Wildman–Crippen MR) is 115 cm³/mol. The first-order valence-electron chi connectivity index (χ1n) is 7.77. The predicted octanol–water partition coefficient (Wildman–Crippen LogP) is 4.50. The Balaban J connectivity index is 1.68. The highest BCUT2D eigenvalue weighted by Crippen LogP contribution is 2.32. The van der Waals surface area contributed by atoms with Gasteiger partial charge in [0.15, 0.2) is 0 Å². The van der Waals surface area contributed by atoms with Crippen molar-refractivity contribution in [2.24, 2.45) is 0 Å². The minimum Gasteiger partial charge on any atom is -0.326 e. The Morgan fingerprint density at radius 1 is 1.22 bits per heavy atom. The zero-order valence-corrected chi connectivity index (χ0v) is 18.5. The standard InChI is InChI=1S/C17H16BrN3O3S3/c1-10-3-4-12(6-14(10)21-27(2,23)24)19-16(22)7-13-9-26-17(20-13)15-5-11(18)8-25-15/h3-6,8-9,21H,7H2,1-2H3,(H,19,22). The summed E-state index contributed by atoms with van der Waals surface area (Å²) in [7, 11) is -3.39. The summed E-state index contributed by atoms with van der Waals surface area (Å²) in [5.74, 6) is -0.214. The number of nitrogens with one attached hydrogen (secondary N) is 2. The number of thiophene rings is 1. The third kappa shape index (κ3) is 5.61. The number of aryl methyl sites for hydroxylation is 1. The van der Waals surface area contributed by atoms with E-state index < -0.39 is 10.0 Å². The van der Waals surface area contributed by atoms with Crippen molar-refractivity contribution in [1.82, 2.24) is 4.98 Å². The van der Waals surface area contributed by atoms with Crippen molar-refractivity contribution in [3.8, 4) is 9.88 Å². The summed E-state index contributed by atoms with van der Waals surface area (Å²) in [5.41, 5.74) is 2.42. The number of rotatable bonds is 6. The molecule has 10 heteroatoms. The molecular formula is C17H16BrN3O3S3. The maximum atomic E-state index is 12.3. The number of benzene rings is 1. The molecule has 0 unspecified atom stereocenters. The van der Waals surface area contributed by atoms with Crippen molar-refractivity contribution in [2.45, 2.75) is 13.3 Å². The molecule has 0 fully saturated rings. The minimum absolute atomic E-state index is 0.145. The zero-order chi connectivity index (χ0) is 19.6. The molecule has 2 heterocycles. The molecule has 2 aromatic heterocycles. The van der Waals surface area contributed by atoms with Crippen molar-refractivity contribution in [1.29, 1.82) is 0 Å². The molecule has 0 aliphatic heterocycles. The van der Waals surface area contributed by atoms with Gasteiger partial charge in [-0.25, -0.2) is 13.4 Å². The molecule has 1 amide bonds. The maximum absolute atomic E-state index is 12.3. The second kappa shape index (κ2) is 8.09. The van der Waals surface area contributed by atoms with Crippen LogP contribution in [0.15, 0.2) is 39.5 Å². The number of carbonyl (C=O) groups is 1. The quantitative estimate of drug-likeness (QED) is 0.537. The first-order chi connectivity index (χ1) is 12.7. The Labute approximate surface area is 173 Å². The Morgan fingerprint density at radius 2 is 2.00 bits per heavy atom. The van der Waals surface area contributed by atoms with Crippen molar-refractivity contribution in [3.05, 3.63) is 50.8 Å². The molecule has 0 spiro atoms. The molecule has 27 heavy (non-hydrogen) atoms. The van der Waals surface area contributed by atoms with Crippen LogP contribution in [0, 0.1) is 6.92 Å². The van der Waals surface area contributed by atoms with Crippen LogP contribution in [0.25, 0.3) is 9.88 Å². The van der Waals surface area contributed by atoms with Gasteiger partial charge < -0.3 is 5.32 Å². The molecule has 0 radical (unpaired) electrons. The van der Waals surface area contributed by atoms with Gasteiger partial charge in [0.25, 0.3) is 0 Å². The van der Waals surface area contributed by atoms with Crippen LogP contribution < -0.4 is 10.0 Å². The Hall–Kier alpha value is -1.75. The second-order valence-corrected chi connectivity index (χ2v) is 10.3. The van der Waals surface area contributed by atoms with Crippen LogP contribution in [0.5, 0.6) is 0 Å². The van der Waals surface area contributed by atoms with Crippen LogP contribution in [0.1, 0.15) is 11.3 Å². The number of aromatic nitrogens is 1. The summed E-state index contributed by atoms with van der Waals surface area (Å²) in [6.45, 7) is 1.79. The number of sulfonamides is 1. The maximum Gasteiger partial charge on any atom is 0.230 e. The number of carbonyl (C=O) groups excluding carboxylic acids is 1. The number of halogens is 1. The lowest BCUT2D eigenvalue weighted by Crippen LogP contribution is -2.15. The lowest BCUT2D eigenvalue weighted by Gasteiger charge is -2.11. The summed E-state index contributed by atoms with van der Waals surface area (Å²) in [5, 5.41) is 7.52. The SMILES string of the molecule is Cc1ccc(NC(=O)Cc2csc(-c3cc(Br)cs3)n2)cc1NS(C)(=O)=O. The topological polar surface area (TPSA) is 88.2 Å². The number of anilines is 2. The highest BCUT2D eigenvalue weighted by Gasteiger charge is 2.12. The van der Waals surface area contributed by atoms with E-state index in [4.69, 9.17) is 0 Å². The van der Waals surface area contributed by atoms with Crippen LogP contribution in [0.2, 0.25) is 0 Å². The highest BCUT2D eigenvalue weighted by molar-refractivity contribution is 9.10. The van der Waals surface area contributed by atoms with Gasteiger partial charge >= 0.3 is 0 Å². The first-order valence-corrected chi connectivity index (χ1v) is 12.2. The van der Waals surface area contributed by atoms with Crippen molar-refractivity contribution >= 4 is 65.9 Å². The highest BCUT2D eigenvalue weighted by atomic mass is 79.9. The summed E-state index contributed by atoms with van der Waals surface area (Å²) in [6.07, 6.45) is 1.23. The van der Waals surface area contributed by atoms with Gasteiger partial charge in [0.1, 0.15) is 5.01 Å². The van der Waals surface area contributed by atoms with Gasteiger partial charge in [-0.15, -0.1) is 22.7 Å². The largest absolute Gasteiger partial charge is 0.326 e. The number of thiazole rings is 1. The van der Waals surface area contributed by atoms with E-state index in [0.717, 1.165) is 26.2 Å². The molecule has 2 N–H and O–H groups in total. The van der Waals surface area contributed by atoms with Gasteiger partial charge in [-0.2, -0.15) is 0 Å². The first kappa shape index (κ1) is 20.0. The number of amides is 1. The fraction of sp³-hybridized carbons (Fsp3) is 0.176. The van der Waals surface area contributed by atoms with E-state index in [1.54, 1.807) is 36.5 Å². The van der Waals surface area contributed by atoms with Crippen LogP contribution in [0.4, 0.5) is 11.4 Å². The molecule has 0 saturated carbocycles. The molecule has 0 bridgehead atoms. The van der Waals surface area contributed by atoms with E-state index in [1.165, 1.54) is 11.3 Å². The average molecular weight is 486 g/mol. The molecule has 0 aliphatic rings. The lowest BCUT2D eigenvalue weighted by atomic mass is 10.2. The minimum atomic E-state index is -3.39. The van der Waals surface area contributed by atoms with Crippen LogP contribution >= 0.6 is 38.6 Å². The van der Waals surface area contributed by atoms with Crippen molar-refractivity contribution in [3.63, 3.8) is 0 Å². The van der Waals surface area contributed by atoms with E-state index in [9.17, 15) is 13.2 Å². The fourth-order valence-corrected chi connectivity index (χ4v) is 5.25. The van der Waals surface area contributed by atoms with E-state index in [-0.39, 0.29) is 12.3 Å².